The highest BCUT2D eigenvalue weighted by Crippen LogP contribution is 2.14. The Hall–Kier alpha value is -1.79. The normalized spacial score (nSPS) is 19.6. The number of carbonyl (C=O) groups excluding carboxylic acids is 3. The fourth-order valence-electron chi connectivity index (χ4n) is 1.91. The minimum Gasteiger partial charge on any atom is -0.444 e. The van der Waals surface area contributed by atoms with Gasteiger partial charge < -0.3 is 19.7 Å². The van der Waals surface area contributed by atoms with E-state index in [0.717, 1.165) is 0 Å². The fourth-order valence-corrected chi connectivity index (χ4v) is 1.91. The second-order valence-electron chi connectivity index (χ2n) is 7.36. The number of nitrogens with zero attached hydrogens (tertiary/aromatic N) is 1. The summed E-state index contributed by atoms with van der Waals surface area (Å²) in [6.07, 6.45) is -0.801. The van der Waals surface area contributed by atoms with Crippen LogP contribution in [0.15, 0.2) is 0 Å². The van der Waals surface area contributed by atoms with Crippen molar-refractivity contribution in [1.29, 1.82) is 0 Å². The zero-order valence-corrected chi connectivity index (χ0v) is 14.2. The summed E-state index contributed by atoms with van der Waals surface area (Å²) < 4.78 is 10.4. The van der Waals surface area contributed by atoms with Gasteiger partial charge >= 0.3 is 12.2 Å². The number of piperidine rings is 1. The van der Waals surface area contributed by atoms with Crippen LogP contribution in [0.4, 0.5) is 9.59 Å². The number of hydrogen-bond donors (Lipinski definition) is 1. The maximum absolute atomic E-state index is 12.1. The number of carbonyl (C=O) groups is 3. The zero-order chi connectivity index (χ0) is 17.1. The second kappa shape index (κ2) is 6.54. The maximum Gasteiger partial charge on any atom is 0.410 e. The first-order valence-corrected chi connectivity index (χ1v) is 7.37. The van der Waals surface area contributed by atoms with Crippen LogP contribution in [-0.4, -0.2) is 53.2 Å². The largest absolute Gasteiger partial charge is 0.444 e. The summed E-state index contributed by atoms with van der Waals surface area (Å²) in [6, 6.07) is -0.631. The molecule has 1 unspecified atom stereocenters. The third-order valence-corrected chi connectivity index (χ3v) is 2.77. The summed E-state index contributed by atoms with van der Waals surface area (Å²) in [5, 5.41) is 2.54. The van der Waals surface area contributed by atoms with Gasteiger partial charge in [-0.15, -0.1) is 0 Å². The highest BCUT2D eigenvalue weighted by atomic mass is 16.6. The van der Waals surface area contributed by atoms with Crippen LogP contribution in [0.5, 0.6) is 0 Å². The van der Waals surface area contributed by atoms with Gasteiger partial charge in [-0.2, -0.15) is 0 Å². The van der Waals surface area contributed by atoms with Crippen molar-refractivity contribution in [3.05, 3.63) is 0 Å². The van der Waals surface area contributed by atoms with Gasteiger partial charge in [-0.25, -0.2) is 9.59 Å². The van der Waals surface area contributed by atoms with E-state index in [1.807, 2.05) is 0 Å². The lowest BCUT2D eigenvalue weighted by atomic mass is 10.0. The summed E-state index contributed by atoms with van der Waals surface area (Å²) >= 11 is 0. The quantitative estimate of drug-likeness (QED) is 0.801. The molecular formula is C15H26N2O5. The lowest BCUT2D eigenvalue weighted by Gasteiger charge is -2.33. The van der Waals surface area contributed by atoms with Crippen LogP contribution in [0.1, 0.15) is 48.0 Å². The molecule has 0 aromatic rings. The van der Waals surface area contributed by atoms with Crippen molar-refractivity contribution in [3.8, 4) is 0 Å². The van der Waals surface area contributed by atoms with Crippen LogP contribution in [0.3, 0.4) is 0 Å². The van der Waals surface area contributed by atoms with Gasteiger partial charge in [0, 0.05) is 6.54 Å². The average molecular weight is 314 g/mol. The lowest BCUT2D eigenvalue weighted by Crippen LogP contribution is -2.54. The molecule has 126 valence electrons. The molecule has 1 heterocycles. The van der Waals surface area contributed by atoms with Crippen LogP contribution in [0.2, 0.25) is 0 Å². The molecule has 0 aliphatic carbocycles. The fraction of sp³-hybridized carbons (Fsp3) is 0.800. The SMILES string of the molecule is CC(C)(C)OC(=O)NC1CCN(C(=O)OC(C)(C)C)CC1=O. The van der Waals surface area contributed by atoms with Gasteiger partial charge in [0.25, 0.3) is 0 Å². The van der Waals surface area contributed by atoms with Crippen LogP contribution in [0, 0.1) is 0 Å². The number of hydrogen-bond acceptors (Lipinski definition) is 5. The summed E-state index contributed by atoms with van der Waals surface area (Å²) in [4.78, 5) is 37.0. The molecule has 1 saturated heterocycles. The Morgan fingerprint density at radius 3 is 2.09 bits per heavy atom. The van der Waals surface area contributed by atoms with Gasteiger partial charge in [0.2, 0.25) is 0 Å². The molecule has 22 heavy (non-hydrogen) atoms. The molecule has 0 saturated carbocycles. The van der Waals surface area contributed by atoms with E-state index in [1.54, 1.807) is 41.5 Å². The first-order chi connectivity index (χ1) is 9.87. The average Bonchev–Trinajstić information content (AvgIpc) is 2.26. The van der Waals surface area contributed by atoms with Crippen LogP contribution < -0.4 is 5.32 Å². The van der Waals surface area contributed by atoms with E-state index in [2.05, 4.69) is 5.32 Å². The molecule has 1 atom stereocenters. The number of likely N-dealkylation sites (tertiary alicyclic amines) is 1. The monoisotopic (exact) mass is 314 g/mol. The van der Waals surface area contributed by atoms with E-state index < -0.39 is 29.4 Å². The molecule has 0 aromatic heterocycles. The molecule has 0 spiro atoms. The van der Waals surface area contributed by atoms with E-state index in [0.29, 0.717) is 13.0 Å². The molecular weight excluding hydrogens is 288 g/mol. The van der Waals surface area contributed by atoms with Crippen LogP contribution in [0.25, 0.3) is 0 Å². The Balaban J connectivity index is 2.51. The van der Waals surface area contributed by atoms with E-state index in [-0.39, 0.29) is 12.3 Å². The Labute approximate surface area is 131 Å². The number of ketones is 1. The van der Waals surface area contributed by atoms with Gasteiger partial charge in [0.15, 0.2) is 5.78 Å². The Morgan fingerprint density at radius 2 is 1.64 bits per heavy atom. The van der Waals surface area contributed by atoms with E-state index in [1.165, 1.54) is 4.90 Å². The maximum atomic E-state index is 12.1. The minimum atomic E-state index is -0.631. The lowest BCUT2D eigenvalue weighted by molar-refractivity contribution is -0.124. The molecule has 2 amide bonds. The standard InChI is InChI=1S/C15H26N2O5/c1-14(2,3)21-12(19)16-10-7-8-17(9-11(10)18)13(20)22-15(4,5)6/h10H,7-9H2,1-6H3,(H,16,19). The first kappa shape index (κ1) is 18.3. The van der Waals surface area contributed by atoms with Gasteiger partial charge in [-0.05, 0) is 48.0 Å². The minimum absolute atomic E-state index is 0.0740. The van der Waals surface area contributed by atoms with Crippen molar-refractivity contribution in [2.75, 3.05) is 13.1 Å². The number of Topliss-reactive ketones (excluding diaryl/α,β-unsaturated/α-hetero) is 1. The van der Waals surface area contributed by atoms with E-state index in [4.69, 9.17) is 9.47 Å². The summed E-state index contributed by atoms with van der Waals surface area (Å²) in [5.74, 6) is -0.233. The van der Waals surface area contributed by atoms with Crippen LogP contribution >= 0.6 is 0 Å². The number of amides is 2. The number of alkyl carbamates (subject to hydrolysis) is 1. The highest BCUT2D eigenvalue weighted by molar-refractivity contribution is 5.91. The molecule has 0 radical (unpaired) electrons. The topological polar surface area (TPSA) is 84.9 Å². The first-order valence-electron chi connectivity index (χ1n) is 7.37. The predicted octanol–water partition coefficient (Wildman–Crippen LogP) is 2.09. The van der Waals surface area contributed by atoms with Crippen LogP contribution in [-0.2, 0) is 14.3 Å². The third kappa shape index (κ3) is 6.32. The second-order valence-corrected chi connectivity index (χ2v) is 7.36. The van der Waals surface area contributed by atoms with Crippen molar-refractivity contribution in [2.24, 2.45) is 0 Å². The van der Waals surface area contributed by atoms with Gasteiger partial charge in [-0.1, -0.05) is 0 Å². The summed E-state index contributed by atoms with van der Waals surface area (Å²) in [5.41, 5.74) is -1.23. The van der Waals surface area contributed by atoms with E-state index >= 15 is 0 Å². The molecule has 0 aromatic carbocycles. The number of rotatable bonds is 1. The molecule has 1 rings (SSSR count). The van der Waals surface area contributed by atoms with Crippen molar-refractivity contribution in [1.82, 2.24) is 10.2 Å². The Kier molecular flexibility index (Phi) is 5.43. The molecule has 1 aliphatic rings. The van der Waals surface area contributed by atoms with Crippen molar-refractivity contribution >= 4 is 18.0 Å². The Bertz CT molecular complexity index is 448. The summed E-state index contributed by atoms with van der Waals surface area (Å²) in [7, 11) is 0. The predicted molar refractivity (Wildman–Crippen MR) is 80.6 cm³/mol. The van der Waals surface area contributed by atoms with Crippen molar-refractivity contribution in [2.45, 2.75) is 65.2 Å². The Morgan fingerprint density at radius 1 is 1.09 bits per heavy atom. The zero-order valence-electron chi connectivity index (χ0n) is 14.2. The van der Waals surface area contributed by atoms with Crippen molar-refractivity contribution < 1.29 is 23.9 Å². The highest BCUT2D eigenvalue weighted by Gasteiger charge is 2.33. The molecule has 1 fully saturated rings. The van der Waals surface area contributed by atoms with Gasteiger partial charge in [0.1, 0.15) is 11.2 Å². The number of nitrogens with one attached hydrogen (secondary N) is 1. The molecule has 1 N–H and O–H groups in total. The molecule has 7 nitrogen and oxygen atoms in total. The third-order valence-electron chi connectivity index (χ3n) is 2.77. The van der Waals surface area contributed by atoms with E-state index in [9.17, 15) is 14.4 Å². The molecule has 1 aliphatic heterocycles. The van der Waals surface area contributed by atoms with Crippen molar-refractivity contribution in [3.63, 3.8) is 0 Å². The summed E-state index contributed by atoms with van der Waals surface area (Å²) in [6.45, 7) is 10.8. The smallest absolute Gasteiger partial charge is 0.410 e. The number of ether oxygens (including phenoxy) is 2. The molecule has 0 bridgehead atoms. The molecule has 7 heteroatoms. The van der Waals surface area contributed by atoms with Gasteiger partial charge in [-0.3, -0.25) is 4.79 Å². The van der Waals surface area contributed by atoms with Gasteiger partial charge in [0.05, 0.1) is 12.6 Å².